The third kappa shape index (κ3) is 5.06. The number of aromatic nitrogens is 2. The largest absolute Gasteiger partial charge is 0.436 e. The van der Waals surface area contributed by atoms with Crippen LogP contribution in [0.2, 0.25) is 5.28 Å². The average molecular weight is 479 g/mol. The molecule has 4 rings (SSSR count). The summed E-state index contributed by atoms with van der Waals surface area (Å²) in [6.45, 7) is 1.39. The quantitative estimate of drug-likeness (QED) is 0.477. The van der Waals surface area contributed by atoms with Crippen molar-refractivity contribution in [2.24, 2.45) is 0 Å². The Kier molecular flexibility index (Phi) is 6.68. The maximum Gasteiger partial charge on any atom is 0.294 e. The zero-order chi connectivity index (χ0) is 22.7. The van der Waals surface area contributed by atoms with Crippen LogP contribution in [0, 0.1) is 5.82 Å². The maximum atomic E-state index is 13.8. The van der Waals surface area contributed by atoms with Crippen LogP contribution in [-0.4, -0.2) is 69.7 Å². The first-order chi connectivity index (χ1) is 15.4. The normalized spacial score (nSPS) is 17.9. The predicted molar refractivity (Wildman–Crippen MR) is 114 cm³/mol. The number of amides is 3. The Morgan fingerprint density at radius 3 is 2.88 bits per heavy atom. The van der Waals surface area contributed by atoms with E-state index < -0.39 is 17.0 Å². The summed E-state index contributed by atoms with van der Waals surface area (Å²) in [4.78, 5) is 47.3. The smallest absolute Gasteiger partial charge is 0.294 e. The Balaban J connectivity index is 1.47. The van der Waals surface area contributed by atoms with E-state index in [2.05, 4.69) is 9.97 Å². The van der Waals surface area contributed by atoms with Crippen molar-refractivity contribution in [3.63, 3.8) is 0 Å². The lowest BCUT2D eigenvalue weighted by atomic mass is 10.2. The van der Waals surface area contributed by atoms with Crippen molar-refractivity contribution in [3.05, 3.63) is 52.0 Å². The number of halogens is 2. The summed E-state index contributed by atoms with van der Waals surface area (Å²) in [5, 5.41) is -0.689. The van der Waals surface area contributed by atoms with E-state index in [-0.39, 0.29) is 34.3 Å². The van der Waals surface area contributed by atoms with Crippen molar-refractivity contribution in [2.45, 2.75) is 0 Å². The van der Waals surface area contributed by atoms with E-state index in [1.807, 2.05) is 0 Å². The second kappa shape index (κ2) is 9.63. The molecule has 12 heteroatoms. The van der Waals surface area contributed by atoms with Gasteiger partial charge in [0.15, 0.2) is 0 Å². The predicted octanol–water partition coefficient (Wildman–Crippen LogP) is 2.96. The number of hydrogen-bond donors (Lipinski definition) is 0. The molecule has 2 aromatic rings. The third-order valence-corrected chi connectivity index (χ3v) is 5.67. The van der Waals surface area contributed by atoms with Gasteiger partial charge in [-0.3, -0.25) is 19.3 Å². The molecule has 0 spiro atoms. The van der Waals surface area contributed by atoms with Gasteiger partial charge in [-0.15, -0.1) is 0 Å². The lowest BCUT2D eigenvalue weighted by Gasteiger charge is -2.28. The lowest BCUT2D eigenvalue weighted by Crippen LogP contribution is -2.46. The van der Waals surface area contributed by atoms with E-state index in [9.17, 15) is 18.8 Å². The van der Waals surface area contributed by atoms with Gasteiger partial charge in [-0.25, -0.2) is 4.98 Å². The van der Waals surface area contributed by atoms with E-state index in [1.54, 1.807) is 29.2 Å². The first-order valence-electron chi connectivity index (χ1n) is 9.47. The van der Waals surface area contributed by atoms with Gasteiger partial charge < -0.3 is 14.4 Å². The fraction of sp³-hybridized carbons (Fsp3) is 0.250. The standard InChI is InChI=1S/C20H16ClFN4O5S/c21-19-23-10-14(22)17(24-19)31-13-3-1-2-12(8-13)9-15-18(28)26(20(29)32-15)11-16(27)25-4-6-30-7-5-25/h1-3,8-10H,4-7,11H2/b15-9+. The molecular formula is C20H16ClFN4O5S. The summed E-state index contributed by atoms with van der Waals surface area (Å²) in [6, 6.07) is 6.43. The molecule has 9 nitrogen and oxygen atoms in total. The number of nitrogens with zero attached hydrogens (tertiary/aromatic N) is 4. The van der Waals surface area contributed by atoms with E-state index >= 15 is 0 Å². The topological polar surface area (TPSA) is 102 Å². The molecule has 0 bridgehead atoms. The molecule has 2 aliphatic heterocycles. The van der Waals surface area contributed by atoms with Crippen LogP contribution in [0.1, 0.15) is 5.56 Å². The first-order valence-corrected chi connectivity index (χ1v) is 10.7. The monoisotopic (exact) mass is 478 g/mol. The molecule has 2 fully saturated rings. The molecule has 0 unspecified atom stereocenters. The van der Waals surface area contributed by atoms with Crippen LogP contribution in [-0.2, 0) is 14.3 Å². The van der Waals surface area contributed by atoms with Crippen molar-refractivity contribution >= 4 is 46.5 Å². The van der Waals surface area contributed by atoms with Gasteiger partial charge in [0.25, 0.3) is 17.0 Å². The molecular weight excluding hydrogens is 463 g/mol. The summed E-state index contributed by atoms with van der Waals surface area (Å²) in [5.41, 5.74) is 0.535. The summed E-state index contributed by atoms with van der Waals surface area (Å²) in [5.74, 6) is -1.75. The van der Waals surface area contributed by atoms with Crippen molar-refractivity contribution in [3.8, 4) is 11.6 Å². The van der Waals surface area contributed by atoms with Crippen LogP contribution in [0.3, 0.4) is 0 Å². The zero-order valence-corrected chi connectivity index (χ0v) is 18.1. The van der Waals surface area contributed by atoms with Gasteiger partial charge in [-0.2, -0.15) is 9.37 Å². The Morgan fingerprint density at radius 1 is 1.31 bits per heavy atom. The zero-order valence-electron chi connectivity index (χ0n) is 16.5. The summed E-state index contributed by atoms with van der Waals surface area (Å²) >= 11 is 6.41. The molecule has 2 aliphatic rings. The van der Waals surface area contributed by atoms with Gasteiger partial charge >= 0.3 is 0 Å². The number of imide groups is 1. The Morgan fingerprint density at radius 2 is 2.09 bits per heavy atom. The Bertz CT molecular complexity index is 1110. The molecule has 0 N–H and O–H groups in total. The highest BCUT2D eigenvalue weighted by Crippen LogP contribution is 2.33. The van der Waals surface area contributed by atoms with Gasteiger partial charge in [0.2, 0.25) is 17.0 Å². The van der Waals surface area contributed by atoms with Crippen LogP contribution in [0.15, 0.2) is 35.4 Å². The van der Waals surface area contributed by atoms with Crippen molar-refractivity contribution in [1.82, 2.24) is 19.8 Å². The number of carbonyl (C=O) groups excluding carboxylic acids is 3. The molecule has 32 heavy (non-hydrogen) atoms. The number of ether oxygens (including phenoxy) is 2. The molecule has 166 valence electrons. The fourth-order valence-corrected chi connectivity index (χ4v) is 3.98. The lowest BCUT2D eigenvalue weighted by molar-refractivity contribution is -0.139. The molecule has 3 amide bonds. The SMILES string of the molecule is O=C(CN1C(=O)S/C(=C/c2cccc(Oc3nc(Cl)ncc3F)c2)C1=O)N1CCOCC1. The van der Waals surface area contributed by atoms with Gasteiger partial charge in [-0.05, 0) is 47.1 Å². The minimum atomic E-state index is -0.786. The molecule has 0 aliphatic carbocycles. The van der Waals surface area contributed by atoms with Gasteiger partial charge in [0.1, 0.15) is 12.3 Å². The van der Waals surface area contributed by atoms with Gasteiger partial charge in [0.05, 0.1) is 24.3 Å². The van der Waals surface area contributed by atoms with Crippen LogP contribution in [0.5, 0.6) is 11.6 Å². The molecule has 0 saturated carbocycles. The molecule has 2 saturated heterocycles. The fourth-order valence-electron chi connectivity index (χ4n) is 3.02. The van der Waals surface area contributed by atoms with Gasteiger partial charge in [-0.1, -0.05) is 12.1 Å². The van der Waals surface area contributed by atoms with E-state index in [0.717, 1.165) is 22.9 Å². The maximum absolute atomic E-state index is 13.8. The average Bonchev–Trinajstić information content (AvgIpc) is 3.04. The summed E-state index contributed by atoms with van der Waals surface area (Å²) in [6.07, 6.45) is 2.39. The number of benzene rings is 1. The summed E-state index contributed by atoms with van der Waals surface area (Å²) < 4.78 is 24.4. The molecule has 1 aromatic carbocycles. The van der Waals surface area contributed by atoms with Crippen molar-refractivity contribution in [2.75, 3.05) is 32.8 Å². The highest BCUT2D eigenvalue weighted by molar-refractivity contribution is 8.18. The van der Waals surface area contributed by atoms with Crippen LogP contribution < -0.4 is 4.74 Å². The number of thioether (sulfide) groups is 1. The first kappa shape index (κ1) is 22.2. The number of carbonyl (C=O) groups is 3. The van der Waals surface area contributed by atoms with Gasteiger partial charge in [0, 0.05) is 13.1 Å². The van der Waals surface area contributed by atoms with Crippen molar-refractivity contribution in [1.29, 1.82) is 0 Å². The Labute approximate surface area is 191 Å². The molecule has 0 radical (unpaired) electrons. The number of hydrogen-bond acceptors (Lipinski definition) is 8. The summed E-state index contributed by atoms with van der Waals surface area (Å²) in [7, 11) is 0. The van der Waals surface area contributed by atoms with E-state index in [0.29, 0.717) is 31.9 Å². The minimum Gasteiger partial charge on any atom is -0.436 e. The number of rotatable bonds is 5. The Hall–Kier alpha value is -3.02. The van der Waals surface area contributed by atoms with Crippen LogP contribution in [0.25, 0.3) is 6.08 Å². The molecule has 1 aromatic heterocycles. The minimum absolute atomic E-state index is 0.165. The van der Waals surface area contributed by atoms with Crippen LogP contribution >= 0.6 is 23.4 Å². The van der Waals surface area contributed by atoms with E-state index in [1.165, 1.54) is 6.08 Å². The second-order valence-corrected chi connectivity index (χ2v) is 8.06. The van der Waals surface area contributed by atoms with Crippen molar-refractivity contribution < 1.29 is 28.2 Å². The molecule has 3 heterocycles. The van der Waals surface area contributed by atoms with Crippen LogP contribution in [0.4, 0.5) is 9.18 Å². The van der Waals surface area contributed by atoms with E-state index in [4.69, 9.17) is 21.1 Å². The third-order valence-electron chi connectivity index (χ3n) is 4.58. The molecule has 0 atom stereocenters. The highest BCUT2D eigenvalue weighted by atomic mass is 35.5. The highest BCUT2D eigenvalue weighted by Gasteiger charge is 2.37. The second-order valence-electron chi connectivity index (χ2n) is 6.73. The number of morpholine rings is 1.